The maximum atomic E-state index is 4.36. The third kappa shape index (κ3) is 3.04. The Morgan fingerprint density at radius 2 is 2.41 bits per heavy atom. The van der Waals surface area contributed by atoms with Crippen molar-refractivity contribution in [2.75, 3.05) is 19.6 Å². The molecule has 2 rings (SSSR count). The average Bonchev–Trinajstić information content (AvgIpc) is 2.84. The number of piperidine rings is 1. The van der Waals surface area contributed by atoms with E-state index in [2.05, 4.69) is 34.1 Å². The van der Waals surface area contributed by atoms with Crippen LogP contribution in [0.25, 0.3) is 0 Å². The third-order valence-electron chi connectivity index (χ3n) is 3.53. The molecule has 0 amide bonds. The summed E-state index contributed by atoms with van der Waals surface area (Å²) >= 11 is 0. The van der Waals surface area contributed by atoms with Crippen LogP contribution in [0, 0.1) is 0 Å². The van der Waals surface area contributed by atoms with E-state index >= 15 is 0 Å². The van der Waals surface area contributed by atoms with E-state index in [1.807, 2.05) is 4.68 Å². The molecule has 1 saturated heterocycles. The normalized spacial score (nSPS) is 21.0. The smallest absolute Gasteiger partial charge is 0.141 e. The Morgan fingerprint density at radius 1 is 1.53 bits per heavy atom. The molecule has 0 spiro atoms. The summed E-state index contributed by atoms with van der Waals surface area (Å²) in [5, 5.41) is 7.70. The zero-order valence-corrected chi connectivity index (χ0v) is 10.9. The van der Waals surface area contributed by atoms with Gasteiger partial charge >= 0.3 is 0 Å². The minimum absolute atomic E-state index is 0.649. The molecule has 0 bridgehead atoms. The maximum Gasteiger partial charge on any atom is 0.141 e. The van der Waals surface area contributed by atoms with Crippen LogP contribution in [0.1, 0.15) is 32.5 Å². The van der Waals surface area contributed by atoms with E-state index in [9.17, 15) is 0 Å². The van der Waals surface area contributed by atoms with E-state index in [-0.39, 0.29) is 0 Å². The summed E-state index contributed by atoms with van der Waals surface area (Å²) in [5.41, 5.74) is 0. The molecule has 5 nitrogen and oxygen atoms in total. The fraction of sp³-hybridized carbons (Fsp3) is 0.833. The van der Waals surface area contributed by atoms with Crippen molar-refractivity contribution >= 4 is 0 Å². The minimum Gasteiger partial charge on any atom is -0.315 e. The average molecular weight is 237 g/mol. The molecule has 0 aromatic carbocycles. The highest BCUT2D eigenvalue weighted by Gasteiger charge is 2.21. The number of hydrogen-bond donors (Lipinski definition) is 1. The first-order valence-electron chi connectivity index (χ1n) is 6.66. The van der Waals surface area contributed by atoms with Crippen molar-refractivity contribution in [3.63, 3.8) is 0 Å². The van der Waals surface area contributed by atoms with Crippen LogP contribution in [0.3, 0.4) is 0 Å². The van der Waals surface area contributed by atoms with Crippen LogP contribution in [0.5, 0.6) is 0 Å². The maximum absolute atomic E-state index is 4.36. The lowest BCUT2D eigenvalue weighted by Crippen LogP contribution is -2.45. The first-order chi connectivity index (χ1) is 8.35. The number of aryl methyl sites for hydroxylation is 1. The van der Waals surface area contributed by atoms with Crippen LogP contribution in [0.4, 0.5) is 0 Å². The van der Waals surface area contributed by atoms with Gasteiger partial charge < -0.3 is 5.32 Å². The molecule has 1 N–H and O–H groups in total. The van der Waals surface area contributed by atoms with Crippen molar-refractivity contribution < 1.29 is 0 Å². The van der Waals surface area contributed by atoms with Gasteiger partial charge in [-0.1, -0.05) is 6.92 Å². The van der Waals surface area contributed by atoms with Gasteiger partial charge in [0.2, 0.25) is 0 Å². The summed E-state index contributed by atoms with van der Waals surface area (Å²) in [6.45, 7) is 9.49. The van der Waals surface area contributed by atoms with E-state index in [0.717, 1.165) is 32.0 Å². The van der Waals surface area contributed by atoms with E-state index in [0.29, 0.717) is 6.04 Å². The molecule has 96 valence electrons. The summed E-state index contributed by atoms with van der Waals surface area (Å²) in [7, 11) is 0. The molecule has 1 aromatic rings. The SMILES string of the molecule is CCN(Cc1ncnn1CC)C1CCCNC1. The second-order valence-electron chi connectivity index (χ2n) is 4.56. The van der Waals surface area contributed by atoms with Gasteiger partial charge in [-0.15, -0.1) is 0 Å². The lowest BCUT2D eigenvalue weighted by Gasteiger charge is -2.33. The van der Waals surface area contributed by atoms with E-state index < -0.39 is 0 Å². The monoisotopic (exact) mass is 237 g/mol. The zero-order chi connectivity index (χ0) is 12.1. The number of hydrogen-bond acceptors (Lipinski definition) is 4. The van der Waals surface area contributed by atoms with Gasteiger partial charge in [-0.05, 0) is 32.9 Å². The Labute approximate surface area is 103 Å². The van der Waals surface area contributed by atoms with Crippen LogP contribution in [0.15, 0.2) is 6.33 Å². The van der Waals surface area contributed by atoms with Crippen molar-refractivity contribution in [1.82, 2.24) is 25.0 Å². The van der Waals surface area contributed by atoms with Gasteiger partial charge in [0.15, 0.2) is 0 Å². The van der Waals surface area contributed by atoms with E-state index in [1.54, 1.807) is 6.33 Å². The summed E-state index contributed by atoms with van der Waals surface area (Å²) in [6, 6.07) is 0.649. The molecule has 17 heavy (non-hydrogen) atoms. The van der Waals surface area contributed by atoms with Crippen molar-refractivity contribution in [2.24, 2.45) is 0 Å². The van der Waals surface area contributed by atoms with Gasteiger partial charge in [-0.3, -0.25) is 4.90 Å². The topological polar surface area (TPSA) is 46.0 Å². The molecule has 0 saturated carbocycles. The predicted octanol–water partition coefficient (Wildman–Crippen LogP) is 0.872. The molecule has 1 aliphatic rings. The molecule has 1 fully saturated rings. The molecular weight excluding hydrogens is 214 g/mol. The molecule has 1 aromatic heterocycles. The highest BCUT2D eigenvalue weighted by Crippen LogP contribution is 2.12. The predicted molar refractivity (Wildman–Crippen MR) is 67.7 cm³/mol. The number of rotatable bonds is 5. The Kier molecular flexibility index (Phi) is 4.50. The first kappa shape index (κ1) is 12.5. The Balaban J connectivity index is 1.98. The summed E-state index contributed by atoms with van der Waals surface area (Å²) < 4.78 is 1.99. The first-order valence-corrected chi connectivity index (χ1v) is 6.66. The van der Waals surface area contributed by atoms with Crippen LogP contribution in [-0.4, -0.2) is 45.3 Å². The molecular formula is C12H23N5. The largest absolute Gasteiger partial charge is 0.315 e. The fourth-order valence-electron chi connectivity index (χ4n) is 2.50. The highest BCUT2D eigenvalue weighted by atomic mass is 15.3. The van der Waals surface area contributed by atoms with Gasteiger partial charge in [0.05, 0.1) is 6.54 Å². The van der Waals surface area contributed by atoms with E-state index in [1.165, 1.54) is 19.4 Å². The second-order valence-corrected chi connectivity index (χ2v) is 4.56. The quantitative estimate of drug-likeness (QED) is 0.825. The van der Waals surface area contributed by atoms with Gasteiger partial charge in [0, 0.05) is 19.1 Å². The van der Waals surface area contributed by atoms with Gasteiger partial charge in [-0.2, -0.15) is 5.10 Å². The summed E-state index contributed by atoms with van der Waals surface area (Å²) in [4.78, 5) is 6.86. The minimum atomic E-state index is 0.649. The van der Waals surface area contributed by atoms with Gasteiger partial charge in [0.25, 0.3) is 0 Å². The molecule has 0 aliphatic carbocycles. The third-order valence-corrected chi connectivity index (χ3v) is 3.53. The van der Waals surface area contributed by atoms with Gasteiger partial charge in [0.1, 0.15) is 12.2 Å². The zero-order valence-electron chi connectivity index (χ0n) is 10.9. The van der Waals surface area contributed by atoms with Crippen molar-refractivity contribution in [3.8, 4) is 0 Å². The van der Waals surface area contributed by atoms with Crippen LogP contribution >= 0.6 is 0 Å². The molecule has 1 aliphatic heterocycles. The lowest BCUT2D eigenvalue weighted by molar-refractivity contribution is 0.160. The summed E-state index contributed by atoms with van der Waals surface area (Å²) in [5.74, 6) is 1.08. The van der Waals surface area contributed by atoms with E-state index in [4.69, 9.17) is 0 Å². The number of aromatic nitrogens is 3. The van der Waals surface area contributed by atoms with Crippen molar-refractivity contribution in [3.05, 3.63) is 12.2 Å². The number of nitrogens with one attached hydrogen (secondary N) is 1. The van der Waals surface area contributed by atoms with Crippen LogP contribution in [0.2, 0.25) is 0 Å². The Morgan fingerprint density at radius 3 is 3.06 bits per heavy atom. The lowest BCUT2D eigenvalue weighted by atomic mass is 10.1. The number of nitrogens with zero attached hydrogens (tertiary/aromatic N) is 4. The highest BCUT2D eigenvalue weighted by molar-refractivity contribution is 4.87. The number of likely N-dealkylation sites (N-methyl/N-ethyl adjacent to an activating group) is 1. The molecule has 1 unspecified atom stereocenters. The molecule has 0 radical (unpaired) electrons. The van der Waals surface area contributed by atoms with Crippen molar-refractivity contribution in [1.29, 1.82) is 0 Å². The van der Waals surface area contributed by atoms with Gasteiger partial charge in [-0.25, -0.2) is 9.67 Å². The summed E-state index contributed by atoms with van der Waals surface area (Å²) in [6.07, 6.45) is 4.23. The Hall–Kier alpha value is -0.940. The molecule has 1 atom stereocenters. The standard InChI is InChI=1S/C12H23N5/c1-3-16(11-6-5-7-13-8-11)9-12-14-10-15-17(12)4-2/h10-11,13H,3-9H2,1-2H3. The second kappa shape index (κ2) is 6.12. The molecule has 2 heterocycles. The van der Waals surface area contributed by atoms with Crippen LogP contribution < -0.4 is 5.32 Å². The fourth-order valence-corrected chi connectivity index (χ4v) is 2.50. The molecule has 5 heteroatoms. The van der Waals surface area contributed by atoms with Crippen LogP contribution in [-0.2, 0) is 13.1 Å². The Bertz CT molecular complexity index is 329. The van der Waals surface area contributed by atoms with Crippen molar-refractivity contribution in [2.45, 2.75) is 45.8 Å².